The molecule has 0 fully saturated rings. The highest BCUT2D eigenvalue weighted by molar-refractivity contribution is 7.90. The van der Waals surface area contributed by atoms with E-state index in [9.17, 15) is 83.1 Å². The lowest BCUT2D eigenvalue weighted by molar-refractivity contribution is -0.458. The first-order valence-corrected chi connectivity index (χ1v) is 10.4. The maximum Gasteiger partial charge on any atom is 0.460 e. The number of hydrogen-bond acceptors (Lipinski definition) is 4. The van der Waals surface area contributed by atoms with Crippen LogP contribution in [0.1, 0.15) is 13.3 Å². The maximum absolute atomic E-state index is 14.1. The van der Waals surface area contributed by atoms with Gasteiger partial charge in [0.15, 0.2) is 0 Å². The zero-order valence-corrected chi connectivity index (χ0v) is 18.2. The fourth-order valence-electron chi connectivity index (χ4n) is 2.33. The van der Waals surface area contributed by atoms with Gasteiger partial charge in [0, 0.05) is 13.1 Å². The molecule has 0 unspecified atom stereocenters. The van der Waals surface area contributed by atoms with Gasteiger partial charge in [0.2, 0.25) is 0 Å². The van der Waals surface area contributed by atoms with Crippen molar-refractivity contribution in [1.82, 2.24) is 4.31 Å². The van der Waals surface area contributed by atoms with Crippen molar-refractivity contribution in [1.29, 1.82) is 0 Å². The van der Waals surface area contributed by atoms with E-state index in [1.807, 2.05) is 0 Å². The Morgan fingerprint density at radius 2 is 0.973 bits per heavy atom. The van der Waals surface area contributed by atoms with Crippen LogP contribution in [0.4, 0.5) is 74.6 Å². The third-order valence-corrected chi connectivity index (χ3v) is 6.37. The fourth-order valence-corrected chi connectivity index (χ4v) is 3.89. The maximum atomic E-state index is 14.1. The molecule has 0 rings (SSSR count). The van der Waals surface area contributed by atoms with Crippen molar-refractivity contribution in [2.75, 3.05) is 19.7 Å². The highest BCUT2D eigenvalue weighted by Crippen LogP contribution is 2.64. The van der Waals surface area contributed by atoms with Gasteiger partial charge in [-0.25, -0.2) is 8.42 Å². The van der Waals surface area contributed by atoms with E-state index in [1.165, 1.54) is 0 Å². The average Bonchev–Trinajstić information content (AvgIpc) is 2.71. The molecule has 0 saturated carbocycles. The fraction of sp³-hybridized carbons (Fsp3) is 1.00. The Morgan fingerprint density at radius 1 is 0.649 bits per heavy atom. The SMILES string of the molecule is CCCN(C[C@@H](O)CO)S(=O)(=O)C(F)(F)C(F)(F)C(F)(F)C(F)(F)C(F)(F)C(F)(F)C(F)(F)C(F)(F)F. The largest absolute Gasteiger partial charge is 0.460 e. The lowest BCUT2D eigenvalue weighted by Crippen LogP contribution is -2.75. The monoisotopic (exact) mass is 615 g/mol. The van der Waals surface area contributed by atoms with E-state index < -0.39 is 93.5 Å². The van der Waals surface area contributed by atoms with Gasteiger partial charge in [-0.15, -0.1) is 0 Å². The first-order chi connectivity index (χ1) is 15.9. The molecule has 0 aromatic rings. The number of rotatable bonds is 13. The molecule has 23 heteroatoms. The molecule has 0 aromatic carbocycles. The Balaban J connectivity index is 7.04. The quantitative estimate of drug-likeness (QED) is 0.303. The van der Waals surface area contributed by atoms with Gasteiger partial charge < -0.3 is 10.2 Å². The second kappa shape index (κ2) is 9.99. The van der Waals surface area contributed by atoms with E-state index >= 15 is 0 Å². The minimum Gasteiger partial charge on any atom is -0.394 e. The predicted octanol–water partition coefficient (Wildman–Crippen LogP) is 4.35. The Morgan fingerprint density at radius 3 is 1.27 bits per heavy atom. The Bertz CT molecular complexity index is 902. The van der Waals surface area contributed by atoms with Crippen LogP contribution < -0.4 is 0 Å². The van der Waals surface area contributed by atoms with Crippen molar-refractivity contribution in [3.63, 3.8) is 0 Å². The van der Waals surface area contributed by atoms with Crippen molar-refractivity contribution in [2.45, 2.75) is 66.4 Å². The molecule has 5 nitrogen and oxygen atoms in total. The van der Waals surface area contributed by atoms with E-state index in [2.05, 4.69) is 0 Å². The van der Waals surface area contributed by atoms with Crippen LogP contribution in [-0.2, 0) is 10.0 Å². The molecule has 0 radical (unpaired) electrons. The van der Waals surface area contributed by atoms with Crippen molar-refractivity contribution < 1.29 is 93.3 Å². The molecule has 0 spiro atoms. The Hall–Kier alpha value is -1.36. The van der Waals surface area contributed by atoms with Gasteiger partial charge in [-0.05, 0) is 6.42 Å². The van der Waals surface area contributed by atoms with E-state index in [4.69, 9.17) is 10.2 Å². The summed E-state index contributed by atoms with van der Waals surface area (Å²) in [5.74, 6) is -52.0. The van der Waals surface area contributed by atoms with Gasteiger partial charge in [0.1, 0.15) is 0 Å². The number of aliphatic hydroxyl groups excluding tert-OH is 2. The molecule has 0 aliphatic heterocycles. The summed E-state index contributed by atoms with van der Waals surface area (Å²) in [7, 11) is -7.50. The zero-order chi connectivity index (χ0) is 30.5. The number of nitrogens with zero attached hydrogens (tertiary/aromatic N) is 1. The molecule has 0 aromatic heterocycles. The summed E-state index contributed by atoms with van der Waals surface area (Å²) in [6.45, 7) is -3.90. The van der Waals surface area contributed by atoms with Crippen LogP contribution in [0, 0.1) is 0 Å². The topological polar surface area (TPSA) is 77.8 Å². The predicted molar refractivity (Wildman–Crippen MR) is 84.6 cm³/mol. The van der Waals surface area contributed by atoms with Crippen LogP contribution in [0.2, 0.25) is 0 Å². The summed E-state index contributed by atoms with van der Waals surface area (Å²) in [6.07, 6.45) is -11.0. The molecule has 37 heavy (non-hydrogen) atoms. The molecular weight excluding hydrogens is 601 g/mol. The first-order valence-electron chi connectivity index (χ1n) is 8.91. The Kier molecular flexibility index (Phi) is 9.62. The van der Waals surface area contributed by atoms with Crippen LogP contribution in [-0.4, -0.2) is 95.7 Å². The van der Waals surface area contributed by atoms with Crippen LogP contribution in [0.25, 0.3) is 0 Å². The summed E-state index contributed by atoms with van der Waals surface area (Å²) in [5, 5.41) is 10.00. The van der Waals surface area contributed by atoms with Gasteiger partial charge in [0.25, 0.3) is 10.0 Å². The molecule has 1 atom stereocenters. The number of sulfonamides is 1. The molecule has 2 N–H and O–H groups in total. The zero-order valence-electron chi connectivity index (χ0n) is 17.4. The van der Waals surface area contributed by atoms with Crippen molar-refractivity contribution in [2.24, 2.45) is 0 Å². The molecular formula is C14H14F17NO4S. The summed E-state index contributed by atoms with van der Waals surface area (Å²) in [4.78, 5) is 0. The number of halogens is 17. The van der Waals surface area contributed by atoms with Crippen LogP contribution in [0.5, 0.6) is 0 Å². The number of alkyl halides is 17. The van der Waals surface area contributed by atoms with E-state index in [1.54, 1.807) is 0 Å². The minimum atomic E-state index is -8.92. The van der Waals surface area contributed by atoms with Gasteiger partial charge in [-0.1, -0.05) is 6.92 Å². The third kappa shape index (κ3) is 5.03. The lowest BCUT2D eigenvalue weighted by Gasteiger charge is -2.43. The van der Waals surface area contributed by atoms with Gasteiger partial charge >= 0.3 is 47.0 Å². The number of aliphatic hydroxyl groups is 2. The Labute approximate surface area is 194 Å². The highest BCUT2D eigenvalue weighted by Gasteiger charge is 2.96. The van der Waals surface area contributed by atoms with E-state index in [0.29, 0.717) is 0 Å². The summed E-state index contributed by atoms with van der Waals surface area (Å²) in [6, 6.07) is 0. The van der Waals surface area contributed by atoms with Gasteiger partial charge in [0.05, 0.1) is 12.7 Å². The second-order valence-electron chi connectivity index (χ2n) is 7.16. The molecule has 0 amide bonds. The van der Waals surface area contributed by atoms with Crippen LogP contribution >= 0.6 is 0 Å². The van der Waals surface area contributed by atoms with Crippen LogP contribution in [0.15, 0.2) is 0 Å². The third-order valence-electron chi connectivity index (χ3n) is 4.46. The van der Waals surface area contributed by atoms with Crippen molar-refractivity contribution in [3.05, 3.63) is 0 Å². The molecule has 0 aliphatic carbocycles. The molecule has 0 saturated heterocycles. The van der Waals surface area contributed by atoms with Crippen LogP contribution in [0.3, 0.4) is 0 Å². The van der Waals surface area contributed by atoms with E-state index in [0.717, 1.165) is 6.92 Å². The average molecular weight is 615 g/mol. The smallest absolute Gasteiger partial charge is 0.394 e. The molecule has 0 aliphatic rings. The van der Waals surface area contributed by atoms with Gasteiger partial charge in [-0.3, -0.25) is 0 Å². The summed E-state index contributed by atoms with van der Waals surface area (Å²) >= 11 is 0. The van der Waals surface area contributed by atoms with Gasteiger partial charge in [-0.2, -0.15) is 78.9 Å². The summed E-state index contributed by atoms with van der Waals surface area (Å²) in [5.41, 5.74) is 0. The standard InChI is InChI=1S/C14H14F17NO4S/c1-2-3-32(4-6(34)5-33)37(35,36)14(30,31)12(25,26)10(21,22)8(17,18)7(15,16)9(19,20)11(23,24)13(27,28)29/h6,33-34H,2-5H2,1H3/t6-/m1/s1. The second-order valence-corrected chi connectivity index (χ2v) is 9.14. The normalized spacial score (nSPS) is 16.9. The molecule has 0 bridgehead atoms. The van der Waals surface area contributed by atoms with Crippen molar-refractivity contribution >= 4 is 10.0 Å². The first kappa shape index (κ1) is 35.6. The number of hydrogen-bond donors (Lipinski definition) is 2. The van der Waals surface area contributed by atoms with E-state index in [-0.39, 0.29) is 0 Å². The molecule has 0 heterocycles. The minimum absolute atomic E-state index is 0.692. The lowest BCUT2D eigenvalue weighted by atomic mass is 9.91. The highest BCUT2D eigenvalue weighted by atomic mass is 32.2. The van der Waals surface area contributed by atoms with Crippen molar-refractivity contribution in [3.8, 4) is 0 Å². The summed E-state index contributed by atoms with van der Waals surface area (Å²) < 4.78 is 249. The molecule has 224 valence electrons.